The Morgan fingerprint density at radius 1 is 0.761 bits per heavy atom. The number of carbonyl (C=O) groups excluding carboxylic acids is 2. The molecule has 10 nitrogen and oxygen atoms in total. The summed E-state index contributed by atoms with van der Waals surface area (Å²) in [5.41, 5.74) is 6.46. The molecule has 0 unspecified atom stereocenters. The highest BCUT2D eigenvalue weighted by molar-refractivity contribution is 7.85. The van der Waals surface area contributed by atoms with Crippen LogP contribution in [0.5, 0.6) is 11.5 Å². The lowest BCUT2D eigenvalue weighted by Crippen LogP contribution is -2.29. The predicted molar refractivity (Wildman–Crippen MR) is 180 cm³/mol. The topological polar surface area (TPSA) is 157 Å². The Kier molecular flexibility index (Phi) is 10.4. The minimum absolute atomic E-state index is 0.0380. The van der Waals surface area contributed by atoms with Gasteiger partial charge in [0.15, 0.2) is 0 Å². The Labute approximate surface area is 271 Å². The summed E-state index contributed by atoms with van der Waals surface area (Å²) in [7, 11) is -4.40. The number of benzene rings is 5. The number of hydrogen-bond acceptors (Lipinski definition) is 7. The fraction of sp³-hybridized carbons (Fsp3) is 0.176. The zero-order valence-electron chi connectivity index (χ0n) is 24.7. The van der Waals surface area contributed by atoms with Crippen molar-refractivity contribution in [3.05, 3.63) is 113 Å². The van der Waals surface area contributed by atoms with E-state index in [1.165, 1.54) is 18.2 Å². The van der Waals surface area contributed by atoms with Crippen LogP contribution in [0.4, 0.5) is 5.69 Å². The average Bonchev–Trinajstić information content (AvgIpc) is 3.03. The molecule has 0 aliphatic rings. The van der Waals surface area contributed by atoms with Gasteiger partial charge in [0.1, 0.15) is 23.9 Å². The van der Waals surface area contributed by atoms with Gasteiger partial charge in [-0.15, -0.1) is 0 Å². The van der Waals surface area contributed by atoms with Crippen LogP contribution < -0.4 is 25.8 Å². The van der Waals surface area contributed by atoms with Crippen molar-refractivity contribution < 1.29 is 32.0 Å². The first-order valence-corrected chi connectivity index (χ1v) is 16.4. The molecule has 0 saturated carbocycles. The predicted octanol–water partition coefficient (Wildman–Crippen LogP) is 5.82. The minimum Gasteiger partial charge on any atom is -0.493 e. The number of carbonyl (C=O) groups is 2. The Bertz CT molecular complexity index is 2020. The zero-order chi connectivity index (χ0) is 32.7. The first kappa shape index (κ1) is 32.7. The van der Waals surface area contributed by atoms with E-state index in [0.717, 1.165) is 21.5 Å². The van der Waals surface area contributed by atoms with Crippen molar-refractivity contribution in [2.45, 2.75) is 12.2 Å². The van der Waals surface area contributed by atoms with Gasteiger partial charge in [0.25, 0.3) is 21.9 Å². The third-order valence-corrected chi connectivity index (χ3v) is 8.00. The van der Waals surface area contributed by atoms with Crippen molar-refractivity contribution in [3.8, 4) is 11.5 Å². The molecule has 5 aromatic carbocycles. The lowest BCUT2D eigenvalue weighted by molar-refractivity contribution is 0.0940. The van der Waals surface area contributed by atoms with Crippen molar-refractivity contribution in [3.63, 3.8) is 0 Å². The van der Waals surface area contributed by atoms with Crippen molar-refractivity contribution in [1.82, 2.24) is 5.32 Å². The summed E-state index contributed by atoms with van der Waals surface area (Å²) in [4.78, 5) is 26.8. The molecule has 2 amide bonds. The van der Waals surface area contributed by atoms with Gasteiger partial charge in [-0.05, 0) is 82.5 Å². The van der Waals surface area contributed by atoms with Gasteiger partial charge in [0, 0.05) is 10.7 Å². The molecule has 0 radical (unpaired) electrons. The second-order valence-corrected chi connectivity index (χ2v) is 12.4. The van der Waals surface area contributed by atoms with Crippen molar-refractivity contribution in [2.24, 2.45) is 5.73 Å². The number of fused-ring (bicyclic) bond motifs is 2. The summed E-state index contributed by atoms with van der Waals surface area (Å²) in [6.45, 7) is 0.999. The molecule has 0 spiro atoms. The van der Waals surface area contributed by atoms with E-state index >= 15 is 0 Å². The number of amides is 2. The summed E-state index contributed by atoms with van der Waals surface area (Å²) in [6.07, 6.45) is 0.642. The van der Waals surface area contributed by atoms with Gasteiger partial charge in [-0.1, -0.05) is 60.1 Å². The molecule has 0 atom stereocenters. The summed E-state index contributed by atoms with van der Waals surface area (Å²) >= 11 is 6.03. The highest BCUT2D eigenvalue weighted by Crippen LogP contribution is 2.30. The fourth-order valence-corrected chi connectivity index (χ4v) is 5.74. The van der Waals surface area contributed by atoms with Crippen LogP contribution in [-0.2, 0) is 15.9 Å². The number of nitrogens with one attached hydrogen (secondary N) is 2. The van der Waals surface area contributed by atoms with Gasteiger partial charge in [-0.25, -0.2) is 0 Å². The van der Waals surface area contributed by atoms with Gasteiger partial charge in [0.2, 0.25) is 0 Å². The Hall–Kier alpha value is -4.68. The number of halogens is 1. The summed E-state index contributed by atoms with van der Waals surface area (Å²) < 4.78 is 44.5. The van der Waals surface area contributed by atoms with Gasteiger partial charge in [-0.3, -0.25) is 14.1 Å². The van der Waals surface area contributed by atoms with E-state index in [2.05, 4.69) is 10.6 Å². The Balaban J connectivity index is 1.33. The lowest BCUT2D eigenvalue weighted by Gasteiger charge is -2.16. The molecule has 0 heterocycles. The van der Waals surface area contributed by atoms with Crippen LogP contribution in [0.1, 0.15) is 32.7 Å². The average molecular weight is 662 g/mol. The van der Waals surface area contributed by atoms with Gasteiger partial charge in [0.05, 0.1) is 24.3 Å². The Morgan fingerprint density at radius 2 is 1.30 bits per heavy atom. The molecule has 5 aromatic rings. The minimum atomic E-state index is -4.40. The first-order chi connectivity index (χ1) is 22.1. The molecule has 12 heteroatoms. The van der Waals surface area contributed by atoms with Crippen LogP contribution in [-0.4, -0.2) is 51.1 Å². The summed E-state index contributed by atoms with van der Waals surface area (Å²) in [5, 5.41) is 9.25. The highest BCUT2D eigenvalue weighted by Gasteiger charge is 2.19. The van der Waals surface area contributed by atoms with E-state index in [1.54, 1.807) is 18.2 Å². The highest BCUT2D eigenvalue weighted by atomic mass is 35.5. The van der Waals surface area contributed by atoms with E-state index in [0.29, 0.717) is 30.9 Å². The largest absolute Gasteiger partial charge is 0.493 e. The van der Waals surface area contributed by atoms with Crippen LogP contribution >= 0.6 is 11.6 Å². The quantitative estimate of drug-likeness (QED) is 0.0908. The molecule has 5 N–H and O–H groups in total. The molecule has 0 bridgehead atoms. The monoisotopic (exact) mass is 661 g/mol. The van der Waals surface area contributed by atoms with Gasteiger partial charge >= 0.3 is 0 Å². The van der Waals surface area contributed by atoms with E-state index in [1.807, 2.05) is 54.6 Å². The first-order valence-electron chi connectivity index (χ1n) is 14.5. The van der Waals surface area contributed by atoms with Crippen LogP contribution in [0.2, 0.25) is 5.02 Å². The molecular weight excluding hydrogens is 630 g/mol. The summed E-state index contributed by atoms with van der Waals surface area (Å²) in [6, 6.07) is 26.4. The Morgan fingerprint density at radius 3 is 1.87 bits per heavy atom. The van der Waals surface area contributed by atoms with E-state index in [9.17, 15) is 22.6 Å². The van der Waals surface area contributed by atoms with E-state index < -0.39 is 21.8 Å². The summed E-state index contributed by atoms with van der Waals surface area (Å²) in [5.74, 6) is -0.940. The molecule has 5 rings (SSSR count). The SMILES string of the molecule is NCCCOc1cc2ccccc2cc1C(=O)NCCOc1cc2ccccc2cc1C(=O)Nc1ccc(Cl)cc1CS(=O)(=O)O. The smallest absolute Gasteiger partial charge is 0.269 e. The lowest BCUT2D eigenvalue weighted by atomic mass is 10.0. The molecule has 0 aromatic heterocycles. The number of rotatable bonds is 13. The van der Waals surface area contributed by atoms with E-state index in [4.69, 9.17) is 26.8 Å². The van der Waals surface area contributed by atoms with Crippen molar-refractivity contribution in [1.29, 1.82) is 0 Å². The zero-order valence-corrected chi connectivity index (χ0v) is 26.2. The molecule has 46 heavy (non-hydrogen) atoms. The normalized spacial score (nSPS) is 11.4. The standard InChI is InChI=1S/C34H32ClN3O7S/c35-27-10-11-30(26(16-27)21-46(41,42)43)38-34(40)29-18-23-7-2-4-9-25(23)20-32(29)45-15-13-37-33(39)28-17-22-6-1-3-8-24(22)19-31(28)44-14-5-12-36/h1-4,6-11,16-20H,5,12-15,21,36H2,(H,37,39)(H,38,40)(H,41,42,43). The molecule has 0 aliphatic carbocycles. The number of anilines is 1. The fourth-order valence-electron chi connectivity index (χ4n) is 4.91. The number of ether oxygens (including phenoxy) is 2. The van der Waals surface area contributed by atoms with Gasteiger partial charge < -0.3 is 25.8 Å². The molecule has 238 valence electrons. The van der Waals surface area contributed by atoms with Crippen LogP contribution in [0.25, 0.3) is 21.5 Å². The van der Waals surface area contributed by atoms with Crippen LogP contribution in [0, 0.1) is 0 Å². The third-order valence-electron chi connectivity index (χ3n) is 7.09. The van der Waals surface area contributed by atoms with Gasteiger partial charge in [-0.2, -0.15) is 8.42 Å². The van der Waals surface area contributed by atoms with E-state index in [-0.39, 0.29) is 46.6 Å². The second-order valence-electron chi connectivity index (χ2n) is 10.5. The second kappa shape index (κ2) is 14.6. The maximum atomic E-state index is 13.5. The van der Waals surface area contributed by atoms with Crippen molar-refractivity contribution >= 4 is 60.8 Å². The third kappa shape index (κ3) is 8.32. The molecule has 0 fully saturated rings. The number of hydrogen-bond donors (Lipinski definition) is 4. The van der Waals surface area contributed by atoms with Crippen LogP contribution in [0.3, 0.4) is 0 Å². The molecule has 0 saturated heterocycles. The maximum Gasteiger partial charge on any atom is 0.269 e. The maximum absolute atomic E-state index is 13.5. The van der Waals surface area contributed by atoms with Crippen LogP contribution in [0.15, 0.2) is 91.0 Å². The van der Waals surface area contributed by atoms with Crippen molar-refractivity contribution in [2.75, 3.05) is 31.6 Å². The molecular formula is C34H32ClN3O7S. The number of nitrogens with two attached hydrogens (primary N) is 1. The molecule has 0 aliphatic heterocycles.